The van der Waals surface area contributed by atoms with Crippen molar-refractivity contribution in [1.29, 1.82) is 0 Å². The van der Waals surface area contributed by atoms with E-state index < -0.39 is 5.97 Å². The Morgan fingerprint density at radius 2 is 2.20 bits per heavy atom. The molecule has 3 rings (SSSR count). The molecule has 0 aliphatic carbocycles. The van der Waals surface area contributed by atoms with Crippen LogP contribution in [-0.4, -0.2) is 42.0 Å². The summed E-state index contributed by atoms with van der Waals surface area (Å²) in [5.74, 6) is 0.0402. The normalized spacial score (nSPS) is 18.1. The molecule has 0 aromatic carbocycles. The Kier molecular flexibility index (Phi) is 5.82. The predicted molar refractivity (Wildman–Crippen MR) is 99.4 cm³/mol. The molecule has 1 aliphatic heterocycles. The second-order valence-electron chi connectivity index (χ2n) is 6.24. The van der Waals surface area contributed by atoms with Crippen LogP contribution in [0.25, 0.3) is 0 Å². The molecule has 1 amide bonds. The van der Waals surface area contributed by atoms with E-state index >= 15 is 0 Å². The molecule has 0 saturated carbocycles. The van der Waals surface area contributed by atoms with Gasteiger partial charge < -0.3 is 4.74 Å². The summed E-state index contributed by atoms with van der Waals surface area (Å²) in [5.41, 5.74) is 0.982. The van der Waals surface area contributed by atoms with Crippen LogP contribution in [0.4, 0.5) is 5.13 Å². The highest BCUT2D eigenvalue weighted by Gasteiger charge is 2.18. The van der Waals surface area contributed by atoms with Gasteiger partial charge in [0.15, 0.2) is 5.13 Å². The Balaban J connectivity index is 1.58. The van der Waals surface area contributed by atoms with Crippen molar-refractivity contribution < 1.29 is 14.3 Å². The number of amides is 1. The van der Waals surface area contributed by atoms with Crippen LogP contribution in [0.3, 0.4) is 0 Å². The number of piperidine rings is 1. The van der Waals surface area contributed by atoms with Crippen LogP contribution in [0.2, 0.25) is 0 Å². The molecule has 1 atom stereocenters. The number of hydrogen-bond donors (Lipinski definition) is 1. The Morgan fingerprint density at radius 1 is 1.40 bits per heavy atom. The molecule has 1 fully saturated rings. The van der Waals surface area contributed by atoms with Crippen LogP contribution >= 0.6 is 22.7 Å². The number of rotatable bonds is 5. The number of anilines is 1. The third-order valence-electron chi connectivity index (χ3n) is 4.12. The quantitative estimate of drug-likeness (QED) is 0.806. The second kappa shape index (κ2) is 8.07. The van der Waals surface area contributed by atoms with E-state index in [0.717, 1.165) is 42.6 Å². The lowest BCUT2D eigenvalue weighted by atomic mass is 10.0. The van der Waals surface area contributed by atoms with Crippen LogP contribution < -0.4 is 5.32 Å². The second-order valence-corrected chi connectivity index (χ2v) is 8.18. The first-order chi connectivity index (χ1) is 12.0. The maximum atomic E-state index is 12.3. The van der Waals surface area contributed by atoms with E-state index in [4.69, 9.17) is 0 Å². The summed E-state index contributed by atoms with van der Waals surface area (Å²) in [5, 5.41) is 5.37. The van der Waals surface area contributed by atoms with Gasteiger partial charge in [0.1, 0.15) is 4.88 Å². The number of esters is 1. The van der Waals surface area contributed by atoms with Gasteiger partial charge in [0.05, 0.1) is 17.7 Å². The molecular formula is C17H21N3O3S2. The fraction of sp³-hybridized carbons (Fsp3) is 0.471. The van der Waals surface area contributed by atoms with Crippen molar-refractivity contribution in [2.24, 2.45) is 5.92 Å². The number of methoxy groups -OCH3 is 1. The van der Waals surface area contributed by atoms with E-state index in [2.05, 4.69) is 26.9 Å². The van der Waals surface area contributed by atoms with Crippen molar-refractivity contribution in [2.45, 2.75) is 26.3 Å². The molecule has 1 unspecified atom stereocenters. The van der Waals surface area contributed by atoms with Gasteiger partial charge in [0.25, 0.3) is 5.91 Å². The first kappa shape index (κ1) is 18.0. The molecule has 6 nitrogen and oxygen atoms in total. The minimum absolute atomic E-state index is 0.257. The van der Waals surface area contributed by atoms with Gasteiger partial charge in [0.2, 0.25) is 0 Å². The smallest absolute Gasteiger partial charge is 0.348 e. The zero-order valence-corrected chi connectivity index (χ0v) is 15.9. The van der Waals surface area contributed by atoms with Crippen LogP contribution in [0.5, 0.6) is 0 Å². The number of nitrogens with one attached hydrogen (secondary N) is 1. The third kappa shape index (κ3) is 4.65. The summed E-state index contributed by atoms with van der Waals surface area (Å²) in [4.78, 5) is 31.5. The molecule has 2 aromatic heterocycles. The van der Waals surface area contributed by atoms with E-state index in [-0.39, 0.29) is 5.91 Å². The fourth-order valence-corrected chi connectivity index (χ4v) is 4.44. The van der Waals surface area contributed by atoms with Crippen molar-refractivity contribution in [3.63, 3.8) is 0 Å². The first-order valence-corrected chi connectivity index (χ1v) is 9.91. The number of carbonyl (C=O) groups excluding carboxylic acids is 2. The summed E-state index contributed by atoms with van der Waals surface area (Å²) < 4.78 is 4.66. The molecule has 0 spiro atoms. The summed E-state index contributed by atoms with van der Waals surface area (Å²) in [6, 6.07) is 3.21. The van der Waals surface area contributed by atoms with Gasteiger partial charge in [-0.2, -0.15) is 0 Å². The van der Waals surface area contributed by atoms with Gasteiger partial charge >= 0.3 is 5.97 Å². The van der Waals surface area contributed by atoms with Gasteiger partial charge in [-0.15, -0.1) is 22.7 Å². The van der Waals surface area contributed by atoms with Crippen LogP contribution in [0.15, 0.2) is 17.5 Å². The Hall–Kier alpha value is -1.77. The minimum Gasteiger partial charge on any atom is -0.465 e. The van der Waals surface area contributed by atoms with E-state index in [9.17, 15) is 9.59 Å². The Morgan fingerprint density at radius 3 is 2.96 bits per heavy atom. The lowest BCUT2D eigenvalue weighted by molar-refractivity contribution is 0.0606. The van der Waals surface area contributed by atoms with Crippen LogP contribution in [0, 0.1) is 5.92 Å². The van der Waals surface area contributed by atoms with Crippen molar-refractivity contribution in [2.75, 3.05) is 25.5 Å². The SMILES string of the molecule is COC(=O)c1ccc(C(=O)Nc2nc(CN3CCCC(C)C3)cs2)s1. The lowest BCUT2D eigenvalue weighted by Crippen LogP contribution is -2.33. The number of aromatic nitrogens is 1. The third-order valence-corrected chi connectivity index (χ3v) is 5.99. The molecular weight excluding hydrogens is 358 g/mol. The standard InChI is InChI=1S/C17H21N3O3S2/c1-11-4-3-7-20(8-11)9-12-10-24-17(18-12)19-15(21)13-5-6-14(25-13)16(22)23-2/h5-6,10-11H,3-4,7-9H2,1-2H3,(H,18,19,21). The zero-order valence-electron chi connectivity index (χ0n) is 14.3. The van der Waals surface area contributed by atoms with Gasteiger partial charge in [-0.3, -0.25) is 15.0 Å². The van der Waals surface area contributed by atoms with E-state index in [1.165, 1.54) is 31.3 Å². The molecule has 0 bridgehead atoms. The summed E-state index contributed by atoms with van der Waals surface area (Å²) in [6.07, 6.45) is 2.53. The predicted octanol–water partition coefficient (Wildman–Crippen LogP) is 3.48. The van der Waals surface area contributed by atoms with E-state index in [1.807, 2.05) is 5.38 Å². The molecule has 25 heavy (non-hydrogen) atoms. The molecule has 134 valence electrons. The number of ether oxygens (including phenoxy) is 1. The number of thiazole rings is 1. The largest absolute Gasteiger partial charge is 0.465 e. The van der Waals surface area contributed by atoms with Crippen LogP contribution in [-0.2, 0) is 11.3 Å². The molecule has 1 N–H and O–H groups in total. The van der Waals surface area contributed by atoms with Crippen LogP contribution in [0.1, 0.15) is 44.8 Å². The molecule has 2 aromatic rings. The average molecular weight is 380 g/mol. The van der Waals surface area contributed by atoms with Gasteiger partial charge in [-0.05, 0) is 37.4 Å². The minimum atomic E-state index is -0.434. The topological polar surface area (TPSA) is 71.5 Å². The highest BCUT2D eigenvalue weighted by Crippen LogP contribution is 2.23. The average Bonchev–Trinajstić information content (AvgIpc) is 3.24. The van der Waals surface area contributed by atoms with Crippen molar-refractivity contribution in [1.82, 2.24) is 9.88 Å². The monoisotopic (exact) mass is 379 g/mol. The zero-order chi connectivity index (χ0) is 17.8. The molecule has 0 radical (unpaired) electrons. The lowest BCUT2D eigenvalue weighted by Gasteiger charge is -2.30. The summed E-state index contributed by atoms with van der Waals surface area (Å²) in [7, 11) is 1.32. The van der Waals surface area contributed by atoms with E-state index in [0.29, 0.717) is 14.9 Å². The van der Waals surface area contributed by atoms with Gasteiger partial charge in [-0.25, -0.2) is 9.78 Å². The fourth-order valence-electron chi connectivity index (χ4n) is 2.93. The molecule has 1 aliphatic rings. The highest BCUT2D eigenvalue weighted by molar-refractivity contribution is 7.16. The van der Waals surface area contributed by atoms with Crippen molar-refractivity contribution >= 4 is 39.7 Å². The van der Waals surface area contributed by atoms with Gasteiger partial charge in [-0.1, -0.05) is 6.92 Å². The maximum absolute atomic E-state index is 12.3. The van der Waals surface area contributed by atoms with Crippen molar-refractivity contribution in [3.05, 3.63) is 33.0 Å². The number of carbonyl (C=O) groups is 2. The Labute approximate surface area is 154 Å². The molecule has 1 saturated heterocycles. The Bertz CT molecular complexity index is 756. The molecule has 8 heteroatoms. The number of hydrogen-bond acceptors (Lipinski definition) is 7. The summed E-state index contributed by atoms with van der Waals surface area (Å²) in [6.45, 7) is 5.31. The first-order valence-electron chi connectivity index (χ1n) is 8.21. The number of thiophene rings is 1. The van der Waals surface area contributed by atoms with Crippen molar-refractivity contribution in [3.8, 4) is 0 Å². The maximum Gasteiger partial charge on any atom is 0.348 e. The molecule has 3 heterocycles. The number of nitrogens with zero attached hydrogens (tertiary/aromatic N) is 2. The highest BCUT2D eigenvalue weighted by atomic mass is 32.1. The van der Waals surface area contributed by atoms with Gasteiger partial charge in [0, 0.05) is 18.5 Å². The summed E-state index contributed by atoms with van der Waals surface area (Å²) >= 11 is 2.53. The van der Waals surface area contributed by atoms with E-state index in [1.54, 1.807) is 12.1 Å². The number of likely N-dealkylation sites (tertiary alicyclic amines) is 1.